The Labute approximate surface area is 131 Å². The summed E-state index contributed by atoms with van der Waals surface area (Å²) in [5, 5.41) is 52.6. The van der Waals surface area contributed by atoms with Crippen LogP contribution in [-0.4, -0.2) is 93.7 Å². The van der Waals surface area contributed by atoms with Gasteiger partial charge in [0.2, 0.25) is 0 Å². The number of aliphatic hydroxyl groups is 4. The molecule has 0 saturated carbocycles. The van der Waals surface area contributed by atoms with Gasteiger partial charge < -0.3 is 30.3 Å². The van der Waals surface area contributed by atoms with Crippen LogP contribution in [0.3, 0.4) is 0 Å². The molecule has 2 fully saturated rings. The fourth-order valence-electron chi connectivity index (χ4n) is 3.78. The second-order valence-corrected chi connectivity index (χ2v) is 6.79. The SMILES string of the molecule is [O-][N+]1(CC(O)C(O)C(C(O)CO)N2CCCC2)CCCCC1. The predicted octanol–water partition coefficient (Wildman–Crippen LogP) is -0.976. The highest BCUT2D eigenvalue weighted by Gasteiger charge is 2.39. The van der Waals surface area contributed by atoms with E-state index < -0.39 is 35.6 Å². The van der Waals surface area contributed by atoms with Gasteiger partial charge in [-0.25, -0.2) is 0 Å². The van der Waals surface area contributed by atoms with Crippen LogP contribution in [-0.2, 0) is 0 Å². The topological polar surface area (TPSA) is 107 Å². The molecule has 2 rings (SSSR count). The molecule has 0 aromatic heterocycles. The average molecular weight is 318 g/mol. The van der Waals surface area contributed by atoms with Crippen molar-refractivity contribution >= 4 is 0 Å². The molecule has 4 unspecified atom stereocenters. The van der Waals surface area contributed by atoms with Crippen molar-refractivity contribution in [3.05, 3.63) is 5.21 Å². The monoisotopic (exact) mass is 318 g/mol. The molecule has 0 radical (unpaired) electrons. The molecule has 7 heteroatoms. The van der Waals surface area contributed by atoms with Crippen molar-refractivity contribution in [3.8, 4) is 0 Å². The van der Waals surface area contributed by atoms with Gasteiger partial charge in [0.15, 0.2) is 0 Å². The Morgan fingerprint density at radius 1 is 0.909 bits per heavy atom. The number of aliphatic hydroxyl groups excluding tert-OH is 4. The van der Waals surface area contributed by atoms with Crippen molar-refractivity contribution in [2.24, 2.45) is 0 Å². The molecule has 0 aromatic rings. The van der Waals surface area contributed by atoms with Gasteiger partial charge in [0.25, 0.3) is 0 Å². The molecule has 2 heterocycles. The number of rotatable bonds is 7. The molecule has 0 bridgehead atoms. The summed E-state index contributed by atoms with van der Waals surface area (Å²) in [6.45, 7) is 1.87. The highest BCUT2D eigenvalue weighted by Crippen LogP contribution is 2.23. The molecule has 130 valence electrons. The number of piperidine rings is 1. The van der Waals surface area contributed by atoms with Crippen molar-refractivity contribution in [1.82, 2.24) is 4.90 Å². The lowest BCUT2D eigenvalue weighted by molar-refractivity contribution is -0.889. The molecule has 4 atom stereocenters. The van der Waals surface area contributed by atoms with Gasteiger partial charge in [-0.1, -0.05) is 0 Å². The summed E-state index contributed by atoms with van der Waals surface area (Å²) in [6, 6.07) is -0.723. The van der Waals surface area contributed by atoms with Crippen molar-refractivity contribution in [2.45, 2.75) is 56.5 Å². The van der Waals surface area contributed by atoms with Crippen LogP contribution in [0.25, 0.3) is 0 Å². The summed E-state index contributed by atoms with van der Waals surface area (Å²) >= 11 is 0. The maximum Gasteiger partial charge on any atom is 0.131 e. The molecular formula is C15H30N2O5. The van der Waals surface area contributed by atoms with Crippen molar-refractivity contribution < 1.29 is 25.1 Å². The fraction of sp³-hybridized carbons (Fsp3) is 1.00. The van der Waals surface area contributed by atoms with Crippen LogP contribution in [0.2, 0.25) is 0 Å². The normalized spacial score (nSPS) is 28.2. The number of hydrogen-bond acceptors (Lipinski definition) is 6. The van der Waals surface area contributed by atoms with Crippen LogP contribution in [0.15, 0.2) is 0 Å². The Bertz CT molecular complexity index is 332. The number of likely N-dealkylation sites (tertiary alicyclic amines) is 2. The van der Waals surface area contributed by atoms with E-state index in [4.69, 9.17) is 0 Å². The average Bonchev–Trinajstić information content (AvgIpc) is 3.01. The second-order valence-electron chi connectivity index (χ2n) is 6.79. The molecule has 7 nitrogen and oxygen atoms in total. The zero-order valence-electron chi connectivity index (χ0n) is 13.2. The molecule has 22 heavy (non-hydrogen) atoms. The third-order valence-electron chi connectivity index (χ3n) is 5.04. The Balaban J connectivity index is 1.99. The minimum absolute atomic E-state index is 0.0519. The van der Waals surface area contributed by atoms with E-state index in [1.54, 1.807) is 0 Å². The van der Waals surface area contributed by atoms with Gasteiger partial charge in [-0.3, -0.25) is 4.90 Å². The first kappa shape index (κ1) is 18.1. The highest BCUT2D eigenvalue weighted by atomic mass is 16.5. The third kappa shape index (κ3) is 4.38. The van der Waals surface area contributed by atoms with Gasteiger partial charge >= 0.3 is 0 Å². The Kier molecular flexibility index (Phi) is 6.58. The van der Waals surface area contributed by atoms with Crippen LogP contribution < -0.4 is 0 Å². The highest BCUT2D eigenvalue weighted by molar-refractivity contribution is 4.91. The summed E-state index contributed by atoms with van der Waals surface area (Å²) in [6.07, 6.45) is 1.14. The zero-order valence-corrected chi connectivity index (χ0v) is 13.2. The molecular weight excluding hydrogens is 288 g/mol. The van der Waals surface area contributed by atoms with Crippen molar-refractivity contribution in [1.29, 1.82) is 0 Å². The lowest BCUT2D eigenvalue weighted by Crippen LogP contribution is -2.59. The van der Waals surface area contributed by atoms with Gasteiger partial charge in [0.05, 0.1) is 31.8 Å². The number of nitrogens with zero attached hydrogens (tertiary/aromatic N) is 2. The summed E-state index contributed by atoms with van der Waals surface area (Å²) < 4.78 is -0.472. The molecule has 0 aliphatic carbocycles. The lowest BCUT2D eigenvalue weighted by atomic mass is 9.97. The predicted molar refractivity (Wildman–Crippen MR) is 81.8 cm³/mol. The molecule has 4 N–H and O–H groups in total. The van der Waals surface area contributed by atoms with Crippen LogP contribution in [0.1, 0.15) is 32.1 Å². The third-order valence-corrected chi connectivity index (χ3v) is 5.04. The first-order valence-electron chi connectivity index (χ1n) is 8.43. The van der Waals surface area contributed by atoms with Gasteiger partial charge in [0, 0.05) is 0 Å². The number of quaternary nitrogens is 1. The maximum absolute atomic E-state index is 12.6. The van der Waals surface area contributed by atoms with Crippen LogP contribution in [0, 0.1) is 5.21 Å². The summed E-state index contributed by atoms with van der Waals surface area (Å²) in [5.41, 5.74) is 0. The Morgan fingerprint density at radius 2 is 1.50 bits per heavy atom. The summed E-state index contributed by atoms with van der Waals surface area (Å²) in [4.78, 5) is 1.90. The minimum Gasteiger partial charge on any atom is -0.633 e. The van der Waals surface area contributed by atoms with E-state index in [1.165, 1.54) is 0 Å². The molecule has 0 aromatic carbocycles. The first-order valence-corrected chi connectivity index (χ1v) is 8.43. The van der Waals surface area contributed by atoms with Crippen LogP contribution >= 0.6 is 0 Å². The van der Waals surface area contributed by atoms with E-state index in [0.717, 1.165) is 45.2 Å². The molecule has 2 aliphatic rings. The Morgan fingerprint density at radius 3 is 2.05 bits per heavy atom. The van der Waals surface area contributed by atoms with Crippen molar-refractivity contribution in [3.63, 3.8) is 0 Å². The van der Waals surface area contributed by atoms with Gasteiger partial charge in [-0.15, -0.1) is 0 Å². The molecule has 0 amide bonds. The number of hydrogen-bond donors (Lipinski definition) is 4. The van der Waals surface area contributed by atoms with Gasteiger partial charge in [-0.05, 0) is 45.2 Å². The van der Waals surface area contributed by atoms with Gasteiger partial charge in [-0.2, -0.15) is 0 Å². The van der Waals surface area contributed by atoms with E-state index in [0.29, 0.717) is 13.1 Å². The molecule has 2 aliphatic heterocycles. The smallest absolute Gasteiger partial charge is 0.131 e. The largest absolute Gasteiger partial charge is 0.633 e. The fourth-order valence-corrected chi connectivity index (χ4v) is 3.78. The van der Waals surface area contributed by atoms with E-state index in [2.05, 4.69) is 0 Å². The standard InChI is InChI=1S/C15H30N2O5/c18-11-13(20)14(16-6-2-3-7-16)15(21)12(19)10-17(22)8-4-1-5-9-17/h12-15,18-21H,1-11H2. The summed E-state index contributed by atoms with van der Waals surface area (Å²) in [7, 11) is 0. The van der Waals surface area contributed by atoms with E-state index in [1.807, 2.05) is 4.90 Å². The van der Waals surface area contributed by atoms with E-state index in [-0.39, 0.29) is 6.54 Å². The number of hydroxylamine groups is 3. The first-order chi connectivity index (χ1) is 10.5. The minimum atomic E-state index is -1.23. The van der Waals surface area contributed by atoms with E-state index >= 15 is 0 Å². The lowest BCUT2D eigenvalue weighted by Gasteiger charge is -2.48. The molecule has 0 spiro atoms. The van der Waals surface area contributed by atoms with Crippen LogP contribution in [0.5, 0.6) is 0 Å². The summed E-state index contributed by atoms with van der Waals surface area (Å²) in [5.74, 6) is 0. The van der Waals surface area contributed by atoms with Crippen molar-refractivity contribution in [2.75, 3.05) is 39.3 Å². The molecule has 2 saturated heterocycles. The van der Waals surface area contributed by atoms with E-state index in [9.17, 15) is 25.6 Å². The Hall–Kier alpha value is -0.280. The van der Waals surface area contributed by atoms with Crippen LogP contribution in [0.4, 0.5) is 0 Å². The van der Waals surface area contributed by atoms with Gasteiger partial charge in [0.1, 0.15) is 18.8 Å². The quantitative estimate of drug-likeness (QED) is 0.355. The second kappa shape index (κ2) is 8.01. The zero-order chi connectivity index (χ0) is 16.2. The maximum atomic E-state index is 12.6.